The van der Waals surface area contributed by atoms with Gasteiger partial charge in [0.25, 0.3) is 11.6 Å². The largest absolute Gasteiger partial charge is 0.485 e. The average Bonchev–Trinajstić information content (AvgIpc) is 3.35. The number of ether oxygens (including phenoxy) is 2. The third-order valence-corrected chi connectivity index (χ3v) is 6.19. The maximum atomic E-state index is 12.8. The summed E-state index contributed by atoms with van der Waals surface area (Å²) < 4.78 is 17.4. The molecule has 38 heavy (non-hydrogen) atoms. The van der Waals surface area contributed by atoms with Gasteiger partial charge in [0.05, 0.1) is 16.7 Å². The standard InChI is InChI=1S/C29H27ClN2O6/c1-17(2)25-15-26(30)19(4)11-28(25)36-16-23-9-10-27(38-23)29(33)31-20-12-21(32(34)35)14-24(13-20)37-22-7-5-18(3)6-8-22/h5-15,17H,16H2,1-4H3,(H,31,33). The number of halogens is 1. The van der Waals surface area contributed by atoms with Gasteiger partial charge >= 0.3 is 0 Å². The fourth-order valence-electron chi connectivity index (χ4n) is 3.73. The summed E-state index contributed by atoms with van der Waals surface area (Å²) in [5.41, 5.74) is 2.89. The van der Waals surface area contributed by atoms with Gasteiger partial charge in [0, 0.05) is 17.2 Å². The summed E-state index contributed by atoms with van der Waals surface area (Å²) in [6.45, 7) is 8.06. The van der Waals surface area contributed by atoms with Crippen molar-refractivity contribution in [2.75, 3.05) is 5.32 Å². The molecule has 0 saturated carbocycles. The molecule has 0 aliphatic carbocycles. The molecule has 8 nitrogen and oxygen atoms in total. The number of hydrogen-bond donors (Lipinski definition) is 1. The zero-order valence-electron chi connectivity index (χ0n) is 21.4. The summed E-state index contributed by atoms with van der Waals surface area (Å²) in [7, 11) is 0. The number of nitrogens with zero attached hydrogens (tertiary/aromatic N) is 1. The van der Waals surface area contributed by atoms with Crippen molar-refractivity contribution in [2.45, 2.75) is 40.2 Å². The lowest BCUT2D eigenvalue weighted by Gasteiger charge is -2.15. The van der Waals surface area contributed by atoms with E-state index in [2.05, 4.69) is 5.32 Å². The molecule has 0 saturated heterocycles. The fourth-order valence-corrected chi connectivity index (χ4v) is 3.90. The Kier molecular flexibility index (Phi) is 8.02. The molecule has 0 spiro atoms. The van der Waals surface area contributed by atoms with E-state index in [0.717, 1.165) is 16.7 Å². The minimum absolute atomic E-state index is 0.0347. The number of nitrogens with one attached hydrogen (secondary N) is 1. The van der Waals surface area contributed by atoms with Gasteiger partial charge in [-0.15, -0.1) is 0 Å². The molecule has 1 heterocycles. The van der Waals surface area contributed by atoms with E-state index in [0.29, 0.717) is 22.3 Å². The normalized spacial score (nSPS) is 10.9. The average molecular weight is 535 g/mol. The summed E-state index contributed by atoms with van der Waals surface area (Å²) in [5.74, 6) is 1.54. The molecule has 0 atom stereocenters. The number of furan rings is 1. The van der Waals surface area contributed by atoms with E-state index in [9.17, 15) is 14.9 Å². The van der Waals surface area contributed by atoms with Crippen LogP contribution in [0, 0.1) is 24.0 Å². The zero-order valence-corrected chi connectivity index (χ0v) is 22.2. The highest BCUT2D eigenvalue weighted by Gasteiger charge is 2.17. The topological polar surface area (TPSA) is 104 Å². The third-order valence-electron chi connectivity index (χ3n) is 5.79. The van der Waals surface area contributed by atoms with Crippen molar-refractivity contribution >= 4 is 28.9 Å². The molecule has 196 valence electrons. The quantitative estimate of drug-likeness (QED) is 0.171. The van der Waals surface area contributed by atoms with Gasteiger partial charge in [-0.05, 0) is 67.3 Å². The first-order valence-corrected chi connectivity index (χ1v) is 12.3. The maximum absolute atomic E-state index is 12.8. The molecule has 4 aromatic rings. The second kappa shape index (κ2) is 11.4. The number of nitro groups is 1. The lowest BCUT2D eigenvalue weighted by Crippen LogP contribution is -2.11. The summed E-state index contributed by atoms with van der Waals surface area (Å²) in [6.07, 6.45) is 0. The van der Waals surface area contributed by atoms with Crippen LogP contribution in [0.1, 0.15) is 52.8 Å². The predicted octanol–water partition coefficient (Wildman–Crippen LogP) is 8.21. The Morgan fingerprint density at radius 3 is 2.45 bits per heavy atom. The summed E-state index contributed by atoms with van der Waals surface area (Å²) >= 11 is 6.27. The number of non-ortho nitro benzene ring substituents is 1. The summed E-state index contributed by atoms with van der Waals surface area (Å²) in [5, 5.41) is 14.8. The molecule has 1 aromatic heterocycles. The lowest BCUT2D eigenvalue weighted by atomic mass is 10.0. The minimum Gasteiger partial charge on any atom is -0.485 e. The van der Waals surface area contributed by atoms with E-state index in [4.69, 9.17) is 25.5 Å². The molecule has 1 N–H and O–H groups in total. The highest BCUT2D eigenvalue weighted by Crippen LogP contribution is 2.33. The Morgan fingerprint density at radius 1 is 1.03 bits per heavy atom. The van der Waals surface area contributed by atoms with Crippen LogP contribution in [-0.2, 0) is 6.61 Å². The first-order valence-electron chi connectivity index (χ1n) is 12.0. The second-order valence-corrected chi connectivity index (χ2v) is 9.60. The number of carbonyl (C=O) groups is 1. The number of rotatable bonds is 9. The van der Waals surface area contributed by atoms with Crippen LogP contribution in [-0.4, -0.2) is 10.8 Å². The number of hydrogen-bond acceptors (Lipinski definition) is 6. The Morgan fingerprint density at radius 2 is 1.76 bits per heavy atom. The van der Waals surface area contributed by atoms with E-state index in [1.54, 1.807) is 18.2 Å². The monoisotopic (exact) mass is 534 g/mol. The molecule has 1 amide bonds. The van der Waals surface area contributed by atoms with E-state index in [1.165, 1.54) is 24.3 Å². The Balaban J connectivity index is 1.47. The van der Waals surface area contributed by atoms with Crippen molar-refractivity contribution in [1.29, 1.82) is 0 Å². The van der Waals surface area contributed by atoms with E-state index in [-0.39, 0.29) is 35.4 Å². The highest BCUT2D eigenvalue weighted by molar-refractivity contribution is 6.31. The van der Waals surface area contributed by atoms with Crippen molar-refractivity contribution in [3.05, 3.63) is 110 Å². The number of aryl methyl sites for hydroxylation is 2. The van der Waals surface area contributed by atoms with Crippen LogP contribution in [0.5, 0.6) is 17.2 Å². The summed E-state index contributed by atoms with van der Waals surface area (Å²) in [6, 6.07) is 18.2. The smallest absolute Gasteiger partial charge is 0.291 e. The Labute approximate surface area is 225 Å². The molecule has 4 rings (SSSR count). The van der Waals surface area contributed by atoms with Gasteiger partial charge in [0.15, 0.2) is 5.76 Å². The molecule has 9 heteroatoms. The van der Waals surface area contributed by atoms with Crippen molar-refractivity contribution in [1.82, 2.24) is 0 Å². The second-order valence-electron chi connectivity index (χ2n) is 9.19. The minimum atomic E-state index is -0.566. The highest BCUT2D eigenvalue weighted by atomic mass is 35.5. The number of anilines is 1. The van der Waals surface area contributed by atoms with Gasteiger partial charge in [0.2, 0.25) is 0 Å². The van der Waals surface area contributed by atoms with Crippen LogP contribution >= 0.6 is 11.6 Å². The molecule has 0 unspecified atom stereocenters. The first-order chi connectivity index (χ1) is 18.1. The van der Waals surface area contributed by atoms with Gasteiger partial charge in [-0.2, -0.15) is 0 Å². The van der Waals surface area contributed by atoms with Crippen molar-refractivity contribution in [3.63, 3.8) is 0 Å². The number of amides is 1. The van der Waals surface area contributed by atoms with Gasteiger partial charge < -0.3 is 19.2 Å². The molecular weight excluding hydrogens is 508 g/mol. The Hall–Kier alpha value is -4.30. The first kappa shape index (κ1) is 26.8. The summed E-state index contributed by atoms with van der Waals surface area (Å²) in [4.78, 5) is 23.7. The Bertz CT molecular complexity index is 1480. The molecule has 0 fully saturated rings. The van der Waals surface area contributed by atoms with Crippen molar-refractivity contribution in [2.24, 2.45) is 0 Å². The predicted molar refractivity (Wildman–Crippen MR) is 146 cm³/mol. The SMILES string of the molecule is Cc1ccc(Oc2cc(NC(=O)c3ccc(COc4cc(C)c(Cl)cc4C(C)C)o3)cc([N+](=O)[O-])c2)cc1. The zero-order chi connectivity index (χ0) is 27.4. The van der Waals surface area contributed by atoms with Crippen LogP contribution in [0.4, 0.5) is 11.4 Å². The number of nitro benzene ring substituents is 1. The van der Waals surface area contributed by atoms with E-state index >= 15 is 0 Å². The van der Waals surface area contributed by atoms with Gasteiger partial charge in [-0.3, -0.25) is 14.9 Å². The number of benzene rings is 3. The number of carbonyl (C=O) groups excluding carboxylic acids is 1. The van der Waals surface area contributed by atoms with E-state index < -0.39 is 10.8 Å². The van der Waals surface area contributed by atoms with Gasteiger partial charge in [0.1, 0.15) is 29.6 Å². The van der Waals surface area contributed by atoms with Crippen LogP contribution in [0.25, 0.3) is 0 Å². The molecular formula is C29H27ClN2O6. The van der Waals surface area contributed by atoms with E-state index in [1.807, 2.05) is 52.0 Å². The molecule has 0 radical (unpaired) electrons. The van der Waals surface area contributed by atoms with Crippen molar-refractivity contribution < 1.29 is 23.6 Å². The van der Waals surface area contributed by atoms with Crippen LogP contribution in [0.2, 0.25) is 5.02 Å². The van der Waals surface area contributed by atoms with Crippen LogP contribution in [0.3, 0.4) is 0 Å². The maximum Gasteiger partial charge on any atom is 0.291 e. The third kappa shape index (κ3) is 6.52. The van der Waals surface area contributed by atoms with Gasteiger partial charge in [-0.1, -0.05) is 43.1 Å². The van der Waals surface area contributed by atoms with Gasteiger partial charge in [-0.25, -0.2) is 0 Å². The van der Waals surface area contributed by atoms with Crippen molar-refractivity contribution in [3.8, 4) is 17.2 Å². The van der Waals surface area contributed by atoms with Crippen LogP contribution < -0.4 is 14.8 Å². The molecule has 0 aliphatic heterocycles. The lowest BCUT2D eigenvalue weighted by molar-refractivity contribution is -0.384. The molecule has 0 bridgehead atoms. The molecule has 0 aliphatic rings. The fraction of sp³-hybridized carbons (Fsp3) is 0.207. The van der Waals surface area contributed by atoms with Crippen LogP contribution in [0.15, 0.2) is 71.1 Å². The molecule has 3 aromatic carbocycles.